The predicted molar refractivity (Wildman–Crippen MR) is 287 cm³/mol. The van der Waals surface area contributed by atoms with Gasteiger partial charge in [-0.1, -0.05) is 246 Å². The van der Waals surface area contributed by atoms with Gasteiger partial charge >= 0.3 is 5.97 Å². The molecule has 6 nitrogen and oxygen atoms in total. The number of hydrogen-bond acceptors (Lipinski definition) is 5. The maximum Gasteiger partial charge on any atom is 0.306 e. The Hall–Kier alpha value is -3.22. The fourth-order valence-corrected chi connectivity index (χ4v) is 7.82. The Labute approximate surface area is 407 Å². The zero-order valence-corrected chi connectivity index (χ0v) is 43.0. The molecule has 0 spiro atoms. The number of hydrogen-bond donors (Lipinski definition) is 3. The Kier molecular flexibility index (Phi) is 50.2. The summed E-state index contributed by atoms with van der Waals surface area (Å²) in [7, 11) is 0. The molecule has 0 aromatic rings. The van der Waals surface area contributed by atoms with E-state index in [9.17, 15) is 19.8 Å². The molecule has 66 heavy (non-hydrogen) atoms. The van der Waals surface area contributed by atoms with E-state index >= 15 is 0 Å². The fourth-order valence-electron chi connectivity index (χ4n) is 7.82. The lowest BCUT2D eigenvalue weighted by Crippen LogP contribution is -2.46. The van der Waals surface area contributed by atoms with Crippen LogP contribution in [0.1, 0.15) is 245 Å². The minimum atomic E-state index is -0.810. The predicted octanol–water partition coefficient (Wildman–Crippen LogP) is 16.9. The fraction of sp³-hybridized carbons (Fsp3) is 0.700. The third-order valence-corrected chi connectivity index (χ3v) is 12.0. The second-order valence-electron chi connectivity index (χ2n) is 18.4. The SMILES string of the molecule is CCC/C=C/C=C/C=C/C=C/C=C/CCCCCC(CC(=O)NC(CO)C(O)CCCCCCCCCCCCCCCC)OC(=O)CCCCCC/C=C\C/C=C\C/C=C\CCCCC. The molecule has 0 bridgehead atoms. The molecule has 378 valence electrons. The van der Waals surface area contributed by atoms with E-state index in [0.29, 0.717) is 19.3 Å². The second kappa shape index (κ2) is 52.7. The van der Waals surface area contributed by atoms with Gasteiger partial charge in [0.05, 0.1) is 25.2 Å². The number of carbonyl (C=O) groups excluding carboxylic acids is 2. The minimum Gasteiger partial charge on any atom is -0.462 e. The van der Waals surface area contributed by atoms with Gasteiger partial charge in [0.2, 0.25) is 5.91 Å². The molecule has 0 saturated heterocycles. The number of aliphatic hydroxyl groups excluding tert-OH is 2. The highest BCUT2D eigenvalue weighted by molar-refractivity contribution is 5.77. The van der Waals surface area contributed by atoms with Crippen molar-refractivity contribution < 1.29 is 24.5 Å². The van der Waals surface area contributed by atoms with Gasteiger partial charge in [-0.15, -0.1) is 0 Å². The van der Waals surface area contributed by atoms with Gasteiger partial charge in [0, 0.05) is 6.42 Å². The molecule has 0 aliphatic rings. The van der Waals surface area contributed by atoms with Gasteiger partial charge in [-0.2, -0.15) is 0 Å². The number of esters is 1. The summed E-state index contributed by atoms with van der Waals surface area (Å²) >= 11 is 0. The summed E-state index contributed by atoms with van der Waals surface area (Å²) in [5, 5.41) is 23.8. The third-order valence-electron chi connectivity index (χ3n) is 12.0. The molecule has 6 heteroatoms. The molecule has 0 aromatic carbocycles. The summed E-state index contributed by atoms with van der Waals surface area (Å²) in [6, 6.07) is -0.727. The highest BCUT2D eigenvalue weighted by atomic mass is 16.5. The van der Waals surface area contributed by atoms with Crippen molar-refractivity contribution in [2.45, 2.75) is 264 Å². The van der Waals surface area contributed by atoms with Crippen LogP contribution in [0.5, 0.6) is 0 Å². The maximum atomic E-state index is 13.2. The highest BCUT2D eigenvalue weighted by Gasteiger charge is 2.24. The van der Waals surface area contributed by atoms with E-state index in [1.165, 1.54) is 103 Å². The molecule has 0 aliphatic heterocycles. The van der Waals surface area contributed by atoms with Gasteiger partial charge in [0.25, 0.3) is 0 Å². The molecule has 0 aromatic heterocycles. The van der Waals surface area contributed by atoms with E-state index in [0.717, 1.165) is 96.3 Å². The van der Waals surface area contributed by atoms with Crippen LogP contribution in [0.3, 0.4) is 0 Å². The summed E-state index contributed by atoms with van der Waals surface area (Å²) in [4.78, 5) is 26.2. The molecule has 3 unspecified atom stereocenters. The number of aliphatic hydroxyl groups is 2. The maximum absolute atomic E-state index is 13.2. The zero-order valence-electron chi connectivity index (χ0n) is 43.0. The van der Waals surface area contributed by atoms with Crippen molar-refractivity contribution in [3.8, 4) is 0 Å². The Bertz CT molecular complexity index is 1310. The molecule has 3 atom stereocenters. The Morgan fingerprint density at radius 1 is 0.455 bits per heavy atom. The van der Waals surface area contributed by atoms with Crippen molar-refractivity contribution in [3.05, 3.63) is 97.2 Å². The lowest BCUT2D eigenvalue weighted by molar-refractivity contribution is -0.151. The van der Waals surface area contributed by atoms with Gasteiger partial charge in [0.1, 0.15) is 6.10 Å². The average Bonchev–Trinajstić information content (AvgIpc) is 3.31. The van der Waals surface area contributed by atoms with Crippen molar-refractivity contribution in [2.24, 2.45) is 0 Å². The van der Waals surface area contributed by atoms with Gasteiger partial charge in [0.15, 0.2) is 0 Å². The van der Waals surface area contributed by atoms with E-state index in [-0.39, 0.29) is 24.9 Å². The van der Waals surface area contributed by atoms with Crippen LogP contribution in [0, 0.1) is 0 Å². The largest absolute Gasteiger partial charge is 0.462 e. The van der Waals surface area contributed by atoms with Gasteiger partial charge in [-0.05, 0) is 83.5 Å². The van der Waals surface area contributed by atoms with Crippen LogP contribution in [0.15, 0.2) is 97.2 Å². The lowest BCUT2D eigenvalue weighted by atomic mass is 10.0. The molecular weight excluding hydrogens is 815 g/mol. The molecule has 0 heterocycles. The Balaban J connectivity index is 4.72. The number of nitrogens with one attached hydrogen (secondary N) is 1. The van der Waals surface area contributed by atoms with Crippen molar-refractivity contribution >= 4 is 11.9 Å². The first-order chi connectivity index (χ1) is 32.5. The molecule has 3 N–H and O–H groups in total. The summed E-state index contributed by atoms with van der Waals surface area (Å²) in [5.41, 5.74) is 0. The van der Waals surface area contributed by atoms with Crippen LogP contribution in [0.4, 0.5) is 0 Å². The normalized spacial score (nSPS) is 14.0. The van der Waals surface area contributed by atoms with E-state index < -0.39 is 18.2 Å². The van der Waals surface area contributed by atoms with Crippen LogP contribution in [0.25, 0.3) is 0 Å². The average molecular weight is 918 g/mol. The molecule has 0 radical (unpaired) electrons. The van der Waals surface area contributed by atoms with Crippen LogP contribution in [0.2, 0.25) is 0 Å². The topological polar surface area (TPSA) is 95.9 Å². The number of carbonyl (C=O) groups is 2. The lowest BCUT2D eigenvalue weighted by Gasteiger charge is -2.24. The number of allylic oxidation sites excluding steroid dienone is 16. The molecule has 0 saturated carbocycles. The van der Waals surface area contributed by atoms with Gasteiger partial charge in [-0.25, -0.2) is 0 Å². The van der Waals surface area contributed by atoms with Crippen LogP contribution >= 0.6 is 0 Å². The smallest absolute Gasteiger partial charge is 0.306 e. The first-order valence-electron chi connectivity index (χ1n) is 27.5. The summed E-state index contributed by atoms with van der Waals surface area (Å²) in [6.07, 6.45) is 70.3. The summed E-state index contributed by atoms with van der Waals surface area (Å²) < 4.78 is 5.92. The number of rotatable bonds is 48. The Morgan fingerprint density at radius 2 is 0.864 bits per heavy atom. The van der Waals surface area contributed by atoms with Gasteiger partial charge in [-0.3, -0.25) is 9.59 Å². The second-order valence-corrected chi connectivity index (χ2v) is 18.4. The highest BCUT2D eigenvalue weighted by Crippen LogP contribution is 2.17. The number of amides is 1. The van der Waals surface area contributed by atoms with Crippen LogP contribution in [-0.4, -0.2) is 46.9 Å². The standard InChI is InChI=1S/C60H103NO5/c1-4-7-10-13-16-19-22-25-28-30-32-35-38-41-44-47-50-53-60(65)66-56(51-48-45-42-39-36-33-31-29-26-23-20-17-14-11-8-5-2)54-59(64)61-57(55-62)58(63)52-49-46-43-40-37-34-27-24-21-18-15-12-9-6-3/h11,14,16-17,19-20,23,25-26,28-29,31-33,35-36,56-58,62-63H,4-10,12-13,15,18,21-22,24,27,30,34,37-55H2,1-3H3,(H,61,64)/b14-11+,19-16-,20-17+,26-23+,28-25-,31-29+,35-32-,36-33+. The van der Waals surface area contributed by atoms with Crippen molar-refractivity contribution in [1.29, 1.82) is 0 Å². The molecule has 1 amide bonds. The van der Waals surface area contributed by atoms with Crippen molar-refractivity contribution in [3.63, 3.8) is 0 Å². The Morgan fingerprint density at radius 3 is 1.41 bits per heavy atom. The molecule has 0 rings (SSSR count). The minimum absolute atomic E-state index is 0.0352. The van der Waals surface area contributed by atoms with E-state index in [1.54, 1.807) is 0 Å². The van der Waals surface area contributed by atoms with E-state index in [4.69, 9.17) is 4.74 Å². The molecule has 0 fully saturated rings. The summed E-state index contributed by atoms with van der Waals surface area (Å²) in [6.45, 7) is 6.35. The summed E-state index contributed by atoms with van der Waals surface area (Å²) in [5.74, 6) is -0.545. The first kappa shape index (κ1) is 62.8. The van der Waals surface area contributed by atoms with Crippen molar-refractivity contribution in [2.75, 3.05) is 6.61 Å². The van der Waals surface area contributed by atoms with E-state index in [2.05, 4.69) is 86.8 Å². The number of unbranched alkanes of at least 4 members (excludes halogenated alkanes) is 24. The van der Waals surface area contributed by atoms with Gasteiger partial charge < -0.3 is 20.3 Å². The third kappa shape index (κ3) is 47.3. The quantitative estimate of drug-likeness (QED) is 0.0245. The zero-order chi connectivity index (χ0) is 48.1. The van der Waals surface area contributed by atoms with Crippen molar-refractivity contribution in [1.82, 2.24) is 5.32 Å². The monoisotopic (exact) mass is 918 g/mol. The molecule has 0 aliphatic carbocycles. The number of ether oxygens (including phenoxy) is 1. The molecular formula is C60H103NO5. The van der Waals surface area contributed by atoms with Crippen LogP contribution in [-0.2, 0) is 14.3 Å². The van der Waals surface area contributed by atoms with Crippen LogP contribution < -0.4 is 5.32 Å². The van der Waals surface area contributed by atoms with E-state index in [1.807, 2.05) is 36.5 Å². The first-order valence-corrected chi connectivity index (χ1v) is 27.5.